The van der Waals surface area contributed by atoms with Crippen molar-refractivity contribution in [1.29, 1.82) is 0 Å². The maximum Gasteiger partial charge on any atom is 0.122 e. The van der Waals surface area contributed by atoms with E-state index in [-0.39, 0.29) is 10.8 Å². The molecule has 2 aromatic carbocycles. The van der Waals surface area contributed by atoms with Crippen LogP contribution in [0.1, 0.15) is 81.3 Å². The van der Waals surface area contributed by atoms with Crippen molar-refractivity contribution in [3.05, 3.63) is 57.6 Å². The molecular formula is C28H42N2O2. The zero-order valence-corrected chi connectivity index (χ0v) is 21.3. The van der Waals surface area contributed by atoms with Crippen molar-refractivity contribution in [2.45, 2.75) is 85.7 Å². The quantitative estimate of drug-likeness (QED) is 0.617. The van der Waals surface area contributed by atoms with Gasteiger partial charge in [0.1, 0.15) is 11.5 Å². The summed E-state index contributed by atoms with van der Waals surface area (Å²) in [5.41, 5.74) is 6.32. The summed E-state index contributed by atoms with van der Waals surface area (Å²) in [5.74, 6) is 0.859. The summed E-state index contributed by atoms with van der Waals surface area (Å²) in [4.78, 5) is 5.00. The molecule has 1 fully saturated rings. The molecular weight excluding hydrogens is 396 g/mol. The lowest BCUT2D eigenvalue weighted by atomic mass is 9.84. The number of rotatable bonds is 4. The summed E-state index contributed by atoms with van der Waals surface area (Å²) in [5, 5.41) is 21.1. The Hall–Kier alpha value is -2.04. The van der Waals surface area contributed by atoms with Gasteiger partial charge in [0.05, 0.1) is 6.67 Å². The molecule has 4 nitrogen and oxygen atoms in total. The lowest BCUT2D eigenvalue weighted by Crippen LogP contribution is -2.43. The summed E-state index contributed by atoms with van der Waals surface area (Å²) >= 11 is 0. The molecule has 0 aliphatic carbocycles. The molecule has 2 aromatic rings. The summed E-state index contributed by atoms with van der Waals surface area (Å²) < 4.78 is 0. The van der Waals surface area contributed by atoms with E-state index in [0.29, 0.717) is 11.5 Å². The van der Waals surface area contributed by atoms with Crippen molar-refractivity contribution in [3.63, 3.8) is 0 Å². The average Bonchev–Trinajstić information content (AvgIpc) is 2.65. The average molecular weight is 439 g/mol. The Labute approximate surface area is 194 Å². The number of benzene rings is 2. The monoisotopic (exact) mass is 438 g/mol. The lowest BCUT2D eigenvalue weighted by molar-refractivity contribution is 0.0745. The highest BCUT2D eigenvalue weighted by atomic mass is 16.3. The van der Waals surface area contributed by atoms with E-state index in [4.69, 9.17) is 0 Å². The Bertz CT molecular complexity index is 889. The predicted molar refractivity (Wildman–Crippen MR) is 133 cm³/mol. The second-order valence-corrected chi connectivity index (χ2v) is 11.7. The van der Waals surface area contributed by atoms with Crippen molar-refractivity contribution in [3.8, 4) is 11.5 Å². The van der Waals surface area contributed by atoms with Crippen LogP contribution in [0, 0.1) is 13.8 Å². The predicted octanol–water partition coefficient (Wildman–Crippen LogP) is 5.98. The second kappa shape index (κ2) is 9.07. The second-order valence-electron chi connectivity index (χ2n) is 11.7. The number of hydrogen-bond donors (Lipinski definition) is 2. The Morgan fingerprint density at radius 1 is 0.688 bits per heavy atom. The molecule has 3 rings (SSSR count). The standard InChI is InChI=1S/C28H42N2O2/c1-19-12-21(14-23(25(19)31)27(3,4)5)16-29-10-9-11-30(18-29)17-22-13-20(2)26(32)24(15-22)28(6,7)8/h12-15,31-32H,9-11,16-18H2,1-8H3. The molecule has 2 N–H and O–H groups in total. The molecule has 32 heavy (non-hydrogen) atoms. The fraction of sp³-hybridized carbons (Fsp3) is 0.571. The molecule has 176 valence electrons. The molecule has 0 atom stereocenters. The van der Waals surface area contributed by atoms with Gasteiger partial charge in [-0.15, -0.1) is 0 Å². The van der Waals surface area contributed by atoms with E-state index in [1.165, 1.54) is 11.1 Å². The van der Waals surface area contributed by atoms with E-state index in [1.54, 1.807) is 0 Å². The van der Waals surface area contributed by atoms with Crippen LogP contribution >= 0.6 is 0 Å². The highest BCUT2D eigenvalue weighted by Gasteiger charge is 2.24. The van der Waals surface area contributed by atoms with E-state index in [0.717, 1.165) is 61.5 Å². The van der Waals surface area contributed by atoms with Crippen LogP contribution in [-0.4, -0.2) is 39.8 Å². The Morgan fingerprint density at radius 2 is 1.06 bits per heavy atom. The normalized spacial score (nSPS) is 16.5. The van der Waals surface area contributed by atoms with E-state index in [2.05, 4.69) is 75.6 Å². The Balaban J connectivity index is 1.75. The lowest BCUT2D eigenvalue weighted by Gasteiger charge is -2.36. The van der Waals surface area contributed by atoms with Gasteiger partial charge in [-0.3, -0.25) is 9.80 Å². The molecule has 0 spiro atoms. The minimum absolute atomic E-state index is 0.0831. The zero-order chi connectivity index (χ0) is 23.8. The molecule has 1 heterocycles. The molecule has 0 saturated carbocycles. The fourth-order valence-corrected chi connectivity index (χ4v) is 4.75. The van der Waals surface area contributed by atoms with Crippen molar-refractivity contribution in [2.75, 3.05) is 19.8 Å². The first kappa shape index (κ1) is 24.6. The molecule has 1 saturated heterocycles. The van der Waals surface area contributed by atoms with Crippen LogP contribution in [0.25, 0.3) is 0 Å². The van der Waals surface area contributed by atoms with Crippen LogP contribution in [0.4, 0.5) is 0 Å². The van der Waals surface area contributed by atoms with Crippen molar-refractivity contribution >= 4 is 0 Å². The smallest absolute Gasteiger partial charge is 0.122 e. The van der Waals surface area contributed by atoms with Crippen LogP contribution in [-0.2, 0) is 23.9 Å². The minimum Gasteiger partial charge on any atom is -0.507 e. The van der Waals surface area contributed by atoms with Crippen LogP contribution in [0.3, 0.4) is 0 Å². The van der Waals surface area contributed by atoms with Crippen LogP contribution in [0.5, 0.6) is 11.5 Å². The van der Waals surface area contributed by atoms with E-state index in [1.807, 2.05) is 13.8 Å². The SMILES string of the molecule is Cc1cc(CN2CCCN(Cc3cc(C)c(O)c(C(C)(C)C)c3)C2)cc(C(C)(C)C)c1O. The summed E-state index contributed by atoms with van der Waals surface area (Å²) in [6.45, 7) is 21.8. The van der Waals surface area contributed by atoms with Crippen molar-refractivity contribution < 1.29 is 10.2 Å². The van der Waals surface area contributed by atoms with Gasteiger partial charge in [0.25, 0.3) is 0 Å². The maximum absolute atomic E-state index is 10.6. The molecule has 1 aliphatic rings. The molecule has 0 radical (unpaired) electrons. The highest BCUT2D eigenvalue weighted by molar-refractivity contribution is 5.47. The summed E-state index contributed by atoms with van der Waals surface area (Å²) in [7, 11) is 0. The first-order chi connectivity index (χ1) is 14.8. The minimum atomic E-state index is -0.0831. The summed E-state index contributed by atoms with van der Waals surface area (Å²) in [6.07, 6.45) is 1.15. The van der Waals surface area contributed by atoms with Crippen LogP contribution in [0.2, 0.25) is 0 Å². The van der Waals surface area contributed by atoms with Crippen molar-refractivity contribution in [2.24, 2.45) is 0 Å². The Kier molecular flexibility index (Phi) is 6.97. The van der Waals surface area contributed by atoms with Crippen LogP contribution in [0.15, 0.2) is 24.3 Å². The molecule has 0 amide bonds. The maximum atomic E-state index is 10.6. The third-order valence-corrected chi connectivity index (χ3v) is 6.50. The molecule has 1 aliphatic heterocycles. The first-order valence-corrected chi connectivity index (χ1v) is 11.9. The Morgan fingerprint density at radius 3 is 1.41 bits per heavy atom. The van der Waals surface area contributed by atoms with E-state index < -0.39 is 0 Å². The third-order valence-electron chi connectivity index (χ3n) is 6.50. The number of aromatic hydroxyl groups is 2. The summed E-state index contributed by atoms with van der Waals surface area (Å²) in [6, 6.07) is 8.62. The highest BCUT2D eigenvalue weighted by Crippen LogP contribution is 2.36. The van der Waals surface area contributed by atoms with Crippen molar-refractivity contribution in [1.82, 2.24) is 9.80 Å². The molecule has 0 aromatic heterocycles. The molecule has 4 heteroatoms. The molecule has 0 bridgehead atoms. The van der Waals surface area contributed by atoms with E-state index in [9.17, 15) is 10.2 Å². The number of phenolic OH excluding ortho intramolecular Hbond substituents is 2. The number of phenols is 2. The van der Waals surface area contributed by atoms with Gasteiger partial charge in [0, 0.05) is 26.2 Å². The van der Waals surface area contributed by atoms with Gasteiger partial charge in [0.15, 0.2) is 0 Å². The van der Waals surface area contributed by atoms with Gasteiger partial charge in [-0.1, -0.05) is 65.8 Å². The van der Waals surface area contributed by atoms with Gasteiger partial charge < -0.3 is 10.2 Å². The van der Waals surface area contributed by atoms with Gasteiger partial charge in [-0.2, -0.15) is 0 Å². The fourth-order valence-electron chi connectivity index (χ4n) is 4.75. The van der Waals surface area contributed by atoms with Gasteiger partial charge in [0.2, 0.25) is 0 Å². The topological polar surface area (TPSA) is 46.9 Å². The first-order valence-electron chi connectivity index (χ1n) is 11.9. The van der Waals surface area contributed by atoms with Crippen LogP contribution < -0.4 is 0 Å². The van der Waals surface area contributed by atoms with Gasteiger partial charge >= 0.3 is 0 Å². The number of nitrogens with zero attached hydrogens (tertiary/aromatic N) is 2. The van der Waals surface area contributed by atoms with E-state index >= 15 is 0 Å². The zero-order valence-electron chi connectivity index (χ0n) is 21.3. The number of aryl methyl sites for hydroxylation is 2. The van der Waals surface area contributed by atoms with Gasteiger partial charge in [-0.05, 0) is 64.5 Å². The largest absolute Gasteiger partial charge is 0.507 e. The van der Waals surface area contributed by atoms with Gasteiger partial charge in [-0.25, -0.2) is 0 Å². The third kappa shape index (κ3) is 5.65. The number of hydrogen-bond acceptors (Lipinski definition) is 4. The molecule has 0 unspecified atom stereocenters.